The molecular formula is C27H23N7O. The standard InChI is InChI=1S/C27H23N7O/c1-2-25(35)31-18-10-16(13-28-15-18)17-11-21-26(33-34-27(21)30-14-17)24-12-20-19(6-5-8-23(20)32-24)22-7-3-4-9-29-22/h3-15,25,31-32,35H,2H2,1H3,(H,30,33,34). The van der Waals surface area contributed by atoms with Gasteiger partial charge in [-0.15, -0.1) is 0 Å². The second kappa shape index (κ2) is 8.66. The summed E-state index contributed by atoms with van der Waals surface area (Å²) in [5.41, 5.74) is 7.99. The van der Waals surface area contributed by atoms with E-state index in [1.807, 2.05) is 37.3 Å². The lowest BCUT2D eigenvalue weighted by molar-refractivity contribution is 0.199. The van der Waals surface area contributed by atoms with Crippen molar-refractivity contribution in [3.8, 4) is 33.8 Å². The second-order valence-electron chi connectivity index (χ2n) is 8.39. The quantitative estimate of drug-likeness (QED) is 0.248. The van der Waals surface area contributed by atoms with E-state index >= 15 is 0 Å². The highest BCUT2D eigenvalue weighted by Gasteiger charge is 2.15. The number of anilines is 1. The van der Waals surface area contributed by atoms with Crippen molar-refractivity contribution in [3.63, 3.8) is 0 Å². The fourth-order valence-electron chi connectivity index (χ4n) is 4.27. The Bertz CT molecular complexity index is 1640. The van der Waals surface area contributed by atoms with E-state index in [1.54, 1.807) is 24.8 Å². The summed E-state index contributed by atoms with van der Waals surface area (Å²) in [5.74, 6) is 0. The van der Waals surface area contributed by atoms with E-state index < -0.39 is 6.23 Å². The molecule has 1 atom stereocenters. The van der Waals surface area contributed by atoms with Gasteiger partial charge in [0, 0.05) is 51.6 Å². The highest BCUT2D eigenvalue weighted by molar-refractivity contribution is 6.00. The Morgan fingerprint density at radius 1 is 0.943 bits per heavy atom. The average Bonchev–Trinajstić information content (AvgIpc) is 3.53. The minimum absolute atomic E-state index is 0.600. The van der Waals surface area contributed by atoms with Crippen molar-refractivity contribution in [3.05, 3.63) is 79.4 Å². The average molecular weight is 462 g/mol. The van der Waals surface area contributed by atoms with Crippen LogP contribution in [0.3, 0.4) is 0 Å². The lowest BCUT2D eigenvalue weighted by Gasteiger charge is -2.12. The van der Waals surface area contributed by atoms with Gasteiger partial charge in [-0.1, -0.05) is 25.1 Å². The zero-order valence-corrected chi connectivity index (χ0v) is 19.0. The van der Waals surface area contributed by atoms with Crippen LogP contribution in [0.1, 0.15) is 13.3 Å². The third-order valence-corrected chi connectivity index (χ3v) is 6.08. The summed E-state index contributed by atoms with van der Waals surface area (Å²) >= 11 is 0. The van der Waals surface area contributed by atoms with Crippen LogP contribution < -0.4 is 5.32 Å². The van der Waals surface area contributed by atoms with Crippen molar-refractivity contribution in [2.45, 2.75) is 19.6 Å². The molecule has 0 saturated carbocycles. The number of aliphatic hydroxyl groups is 1. The zero-order chi connectivity index (χ0) is 23.8. The fraction of sp³-hybridized carbons (Fsp3) is 0.111. The maximum atomic E-state index is 9.93. The van der Waals surface area contributed by atoms with Crippen molar-refractivity contribution in [1.29, 1.82) is 0 Å². The molecule has 0 bridgehead atoms. The van der Waals surface area contributed by atoms with Gasteiger partial charge in [0.1, 0.15) is 6.23 Å². The molecule has 0 fully saturated rings. The van der Waals surface area contributed by atoms with Gasteiger partial charge in [0.05, 0.1) is 29.0 Å². The smallest absolute Gasteiger partial charge is 0.181 e. The van der Waals surface area contributed by atoms with E-state index in [1.165, 1.54) is 0 Å². The number of aliphatic hydroxyl groups excluding tert-OH is 1. The molecule has 0 radical (unpaired) electrons. The Morgan fingerprint density at radius 3 is 2.71 bits per heavy atom. The van der Waals surface area contributed by atoms with Crippen LogP contribution in [0.2, 0.25) is 0 Å². The molecule has 6 aromatic rings. The molecule has 0 aliphatic rings. The van der Waals surface area contributed by atoms with Crippen LogP contribution >= 0.6 is 0 Å². The lowest BCUT2D eigenvalue weighted by Crippen LogP contribution is -2.16. The van der Waals surface area contributed by atoms with Crippen LogP contribution in [0, 0.1) is 0 Å². The van der Waals surface area contributed by atoms with E-state index in [2.05, 4.69) is 59.7 Å². The van der Waals surface area contributed by atoms with Crippen LogP contribution in [-0.2, 0) is 0 Å². The molecule has 0 amide bonds. The number of fused-ring (bicyclic) bond motifs is 2. The largest absolute Gasteiger partial charge is 0.374 e. The van der Waals surface area contributed by atoms with Gasteiger partial charge in [0.15, 0.2) is 5.65 Å². The van der Waals surface area contributed by atoms with Crippen LogP contribution in [0.5, 0.6) is 0 Å². The van der Waals surface area contributed by atoms with E-state index in [0.717, 1.165) is 55.7 Å². The molecule has 35 heavy (non-hydrogen) atoms. The third kappa shape index (κ3) is 3.89. The first kappa shape index (κ1) is 21.0. The second-order valence-corrected chi connectivity index (χ2v) is 8.39. The van der Waals surface area contributed by atoms with Gasteiger partial charge in [-0.2, -0.15) is 5.10 Å². The van der Waals surface area contributed by atoms with Gasteiger partial charge in [0.2, 0.25) is 0 Å². The number of benzene rings is 1. The SMILES string of the molecule is CCC(O)Nc1cncc(-c2cnc3n[nH]c(-c4cc5c(-c6ccccn6)cccc5[nH]4)c3c2)c1. The van der Waals surface area contributed by atoms with Gasteiger partial charge >= 0.3 is 0 Å². The summed E-state index contributed by atoms with van der Waals surface area (Å²) in [6.45, 7) is 1.91. The highest BCUT2D eigenvalue weighted by Crippen LogP contribution is 2.34. The summed E-state index contributed by atoms with van der Waals surface area (Å²) in [6, 6.07) is 18.2. The number of nitrogens with one attached hydrogen (secondary N) is 3. The zero-order valence-electron chi connectivity index (χ0n) is 19.0. The Morgan fingerprint density at radius 2 is 1.86 bits per heavy atom. The molecule has 0 aliphatic carbocycles. The fourth-order valence-corrected chi connectivity index (χ4v) is 4.27. The maximum absolute atomic E-state index is 9.93. The summed E-state index contributed by atoms with van der Waals surface area (Å²) in [6.07, 6.45) is 7.05. The first-order chi connectivity index (χ1) is 17.2. The van der Waals surface area contributed by atoms with E-state index in [4.69, 9.17) is 0 Å². The van der Waals surface area contributed by atoms with Gasteiger partial charge in [-0.05, 0) is 42.8 Å². The van der Waals surface area contributed by atoms with Crippen LogP contribution in [-0.4, -0.2) is 41.5 Å². The lowest BCUT2D eigenvalue weighted by atomic mass is 10.1. The summed E-state index contributed by atoms with van der Waals surface area (Å²) in [5, 5.41) is 22.5. The Labute approximate surface area is 201 Å². The van der Waals surface area contributed by atoms with Crippen molar-refractivity contribution < 1.29 is 5.11 Å². The number of aromatic nitrogens is 6. The predicted molar refractivity (Wildman–Crippen MR) is 138 cm³/mol. The Hall–Kier alpha value is -4.56. The normalized spacial score (nSPS) is 12.3. The first-order valence-corrected chi connectivity index (χ1v) is 11.5. The van der Waals surface area contributed by atoms with Crippen LogP contribution in [0.4, 0.5) is 5.69 Å². The number of rotatable bonds is 6. The number of aromatic amines is 2. The molecular weight excluding hydrogens is 438 g/mol. The Kier molecular flexibility index (Phi) is 5.20. The minimum Gasteiger partial charge on any atom is -0.374 e. The van der Waals surface area contributed by atoms with Crippen molar-refractivity contribution >= 4 is 27.6 Å². The predicted octanol–water partition coefficient (Wildman–Crippen LogP) is 5.37. The highest BCUT2D eigenvalue weighted by atomic mass is 16.3. The molecule has 8 heteroatoms. The molecule has 172 valence electrons. The number of nitrogens with zero attached hydrogens (tertiary/aromatic N) is 4. The monoisotopic (exact) mass is 461 g/mol. The van der Waals surface area contributed by atoms with Gasteiger partial charge < -0.3 is 15.4 Å². The first-order valence-electron chi connectivity index (χ1n) is 11.5. The molecule has 8 nitrogen and oxygen atoms in total. The third-order valence-electron chi connectivity index (χ3n) is 6.08. The summed E-state index contributed by atoms with van der Waals surface area (Å²) < 4.78 is 0. The molecule has 5 heterocycles. The van der Waals surface area contributed by atoms with Crippen LogP contribution in [0.25, 0.3) is 55.7 Å². The number of H-pyrrole nitrogens is 2. The van der Waals surface area contributed by atoms with E-state index in [9.17, 15) is 5.11 Å². The van der Waals surface area contributed by atoms with Gasteiger partial charge in [0.25, 0.3) is 0 Å². The van der Waals surface area contributed by atoms with E-state index in [-0.39, 0.29) is 0 Å². The van der Waals surface area contributed by atoms with Gasteiger partial charge in [-0.25, -0.2) is 4.98 Å². The number of hydrogen-bond acceptors (Lipinski definition) is 6. The number of pyridine rings is 3. The van der Waals surface area contributed by atoms with Crippen molar-refractivity contribution in [1.82, 2.24) is 30.1 Å². The summed E-state index contributed by atoms with van der Waals surface area (Å²) in [4.78, 5) is 16.9. The summed E-state index contributed by atoms with van der Waals surface area (Å²) in [7, 11) is 0. The number of hydrogen-bond donors (Lipinski definition) is 4. The van der Waals surface area contributed by atoms with Gasteiger partial charge in [-0.3, -0.25) is 15.1 Å². The molecule has 0 saturated heterocycles. The topological polar surface area (TPSA) is 115 Å². The molecule has 0 spiro atoms. The van der Waals surface area contributed by atoms with Crippen LogP contribution in [0.15, 0.2) is 79.4 Å². The molecule has 4 N–H and O–H groups in total. The van der Waals surface area contributed by atoms with Crippen molar-refractivity contribution in [2.24, 2.45) is 0 Å². The Balaban J connectivity index is 1.43. The molecule has 1 aromatic carbocycles. The van der Waals surface area contributed by atoms with Crippen molar-refractivity contribution in [2.75, 3.05) is 5.32 Å². The molecule has 1 unspecified atom stereocenters. The maximum Gasteiger partial charge on any atom is 0.181 e. The molecule has 0 aliphatic heterocycles. The molecule has 5 aromatic heterocycles. The van der Waals surface area contributed by atoms with E-state index in [0.29, 0.717) is 12.1 Å². The molecule has 6 rings (SSSR count). The minimum atomic E-state index is -0.619.